The van der Waals surface area contributed by atoms with E-state index >= 15 is 0 Å². The number of carbonyl (C=O) groups is 3. The molecule has 6 heteroatoms. The summed E-state index contributed by atoms with van der Waals surface area (Å²) in [5.74, 6) is 2.04. The van der Waals surface area contributed by atoms with Crippen molar-refractivity contribution in [2.45, 2.75) is 138 Å². The van der Waals surface area contributed by atoms with Gasteiger partial charge in [-0.2, -0.15) is 0 Å². The number of fused-ring (bicyclic) bond motifs is 4. The Balaban J connectivity index is 1.43. The zero-order chi connectivity index (χ0) is 34.4. The van der Waals surface area contributed by atoms with Crippen molar-refractivity contribution in [2.75, 3.05) is 6.54 Å². The number of hydrogen-bond donors (Lipinski definition) is 3. The van der Waals surface area contributed by atoms with E-state index in [1.54, 1.807) is 12.1 Å². The van der Waals surface area contributed by atoms with Gasteiger partial charge in [-0.25, -0.2) is 4.79 Å². The molecule has 0 aromatic heterocycles. The molecule has 1 aromatic rings. The standard InChI is InChI=1S/C41H63NO5/c1-26(2)25-30-16-23-41(37(47)42-24-19-35(43)44)22-15-27(3)39(6)21-18-33-38(4,5)31(28-11-13-29(14-12-28)36(45)46)17-20-40(33,7)34(39)10-8-9-32(30)41/h11-14,26-27,30-34H,8-10,15-25H2,1-7H3,(H,42,47)(H,43,44)(H,45,46). The van der Waals surface area contributed by atoms with Crippen molar-refractivity contribution >= 4 is 17.8 Å². The number of hydrogen-bond acceptors (Lipinski definition) is 3. The van der Waals surface area contributed by atoms with E-state index in [0.717, 1.165) is 51.4 Å². The van der Waals surface area contributed by atoms with Crippen LogP contribution in [0.3, 0.4) is 0 Å². The number of rotatable bonds is 8. The number of carbonyl (C=O) groups excluding carboxylic acids is 1. The van der Waals surface area contributed by atoms with Gasteiger partial charge in [0.1, 0.15) is 0 Å². The van der Waals surface area contributed by atoms with Crippen molar-refractivity contribution in [1.82, 2.24) is 5.32 Å². The maximum absolute atomic E-state index is 14.1. The molecule has 9 unspecified atom stereocenters. The van der Waals surface area contributed by atoms with E-state index in [-0.39, 0.29) is 40.5 Å². The highest BCUT2D eigenvalue weighted by Gasteiger charge is 2.62. The summed E-state index contributed by atoms with van der Waals surface area (Å²) < 4.78 is 0. The van der Waals surface area contributed by atoms with Crippen LogP contribution in [0.25, 0.3) is 0 Å². The number of carboxylic acid groups (broad SMARTS) is 2. The van der Waals surface area contributed by atoms with Gasteiger partial charge in [0.15, 0.2) is 0 Å². The van der Waals surface area contributed by atoms with Gasteiger partial charge in [-0.05, 0) is 146 Å². The van der Waals surface area contributed by atoms with E-state index in [9.17, 15) is 24.6 Å². The normalized spacial score (nSPS) is 38.5. The van der Waals surface area contributed by atoms with Crippen LogP contribution in [0.4, 0.5) is 0 Å². The van der Waals surface area contributed by atoms with Crippen LogP contribution in [-0.2, 0) is 9.59 Å². The first-order chi connectivity index (χ1) is 22.1. The number of carboxylic acids is 2. The topological polar surface area (TPSA) is 104 Å². The Bertz CT molecular complexity index is 1300. The summed E-state index contributed by atoms with van der Waals surface area (Å²) in [6, 6.07) is 7.70. The molecule has 6 nitrogen and oxygen atoms in total. The fraction of sp³-hybridized carbons (Fsp3) is 0.780. The second-order valence-electron chi connectivity index (χ2n) is 18.0. The molecule has 1 aromatic carbocycles. The molecule has 0 aliphatic heterocycles. The molecular weight excluding hydrogens is 586 g/mol. The SMILES string of the molecule is CC(C)CC1CCC2(C(=O)NCCC(=O)O)CCC(C)C3(C)CCC4C(C)(C)C(c5ccc(C(=O)O)cc5)CCC4(C)C3CCCC12. The van der Waals surface area contributed by atoms with Crippen LogP contribution in [0, 0.1) is 57.2 Å². The van der Waals surface area contributed by atoms with E-state index in [2.05, 4.69) is 65.9 Å². The van der Waals surface area contributed by atoms with Crippen LogP contribution in [0.2, 0.25) is 0 Å². The molecule has 9 atom stereocenters. The molecule has 262 valence electrons. The second kappa shape index (κ2) is 13.5. The van der Waals surface area contributed by atoms with Gasteiger partial charge in [-0.1, -0.05) is 67.0 Å². The van der Waals surface area contributed by atoms with Gasteiger partial charge in [0.05, 0.1) is 17.4 Å². The van der Waals surface area contributed by atoms with Gasteiger partial charge >= 0.3 is 11.9 Å². The molecule has 3 N–H and O–H groups in total. The van der Waals surface area contributed by atoms with Gasteiger partial charge < -0.3 is 15.5 Å². The number of benzene rings is 1. The van der Waals surface area contributed by atoms with Crippen molar-refractivity contribution in [3.05, 3.63) is 35.4 Å². The highest BCUT2D eigenvalue weighted by Crippen LogP contribution is 2.70. The first-order valence-electron chi connectivity index (χ1n) is 18.9. The average Bonchev–Trinajstić information content (AvgIpc) is 3.33. The van der Waals surface area contributed by atoms with Crippen LogP contribution in [-0.4, -0.2) is 34.6 Å². The second-order valence-corrected chi connectivity index (χ2v) is 18.0. The van der Waals surface area contributed by atoms with E-state index in [1.165, 1.54) is 31.2 Å². The lowest BCUT2D eigenvalue weighted by Crippen LogP contribution is -2.58. The molecule has 0 spiro atoms. The molecule has 1 amide bonds. The summed E-state index contributed by atoms with van der Waals surface area (Å²) in [7, 11) is 0. The van der Waals surface area contributed by atoms with Crippen molar-refractivity contribution in [3.63, 3.8) is 0 Å². The van der Waals surface area contributed by atoms with Crippen LogP contribution in [0.15, 0.2) is 24.3 Å². The molecule has 4 aliphatic rings. The van der Waals surface area contributed by atoms with Crippen molar-refractivity contribution < 1.29 is 24.6 Å². The Morgan fingerprint density at radius 2 is 1.49 bits per heavy atom. The summed E-state index contributed by atoms with van der Waals surface area (Å²) in [5.41, 5.74) is 1.81. The number of amides is 1. The summed E-state index contributed by atoms with van der Waals surface area (Å²) in [6.45, 7) is 17.5. The van der Waals surface area contributed by atoms with E-state index in [0.29, 0.717) is 47.0 Å². The fourth-order valence-corrected chi connectivity index (χ4v) is 12.5. The van der Waals surface area contributed by atoms with Crippen molar-refractivity contribution in [3.8, 4) is 0 Å². The third kappa shape index (κ3) is 6.53. The lowest BCUT2D eigenvalue weighted by Gasteiger charge is -2.66. The van der Waals surface area contributed by atoms with Crippen LogP contribution >= 0.6 is 0 Å². The van der Waals surface area contributed by atoms with E-state index < -0.39 is 11.9 Å². The minimum atomic E-state index is -0.868. The molecule has 0 saturated heterocycles. The summed E-state index contributed by atoms with van der Waals surface area (Å²) in [5, 5.41) is 21.8. The van der Waals surface area contributed by atoms with Crippen molar-refractivity contribution in [2.24, 2.45) is 57.2 Å². The average molecular weight is 650 g/mol. The first-order valence-corrected chi connectivity index (χ1v) is 18.9. The maximum Gasteiger partial charge on any atom is 0.335 e. The lowest BCUT2D eigenvalue weighted by atomic mass is 9.39. The molecule has 0 bridgehead atoms. The molecule has 5 rings (SSSR count). The molecular formula is C41H63NO5. The van der Waals surface area contributed by atoms with Gasteiger partial charge in [-0.15, -0.1) is 0 Å². The van der Waals surface area contributed by atoms with E-state index in [4.69, 9.17) is 0 Å². The summed E-state index contributed by atoms with van der Waals surface area (Å²) in [6.07, 6.45) is 13.3. The van der Waals surface area contributed by atoms with Gasteiger partial charge in [0.25, 0.3) is 0 Å². The molecule has 4 saturated carbocycles. The largest absolute Gasteiger partial charge is 0.481 e. The Morgan fingerprint density at radius 1 is 0.830 bits per heavy atom. The summed E-state index contributed by atoms with van der Waals surface area (Å²) in [4.78, 5) is 36.9. The molecule has 0 heterocycles. The van der Waals surface area contributed by atoms with E-state index in [1.807, 2.05) is 0 Å². The summed E-state index contributed by atoms with van der Waals surface area (Å²) >= 11 is 0. The van der Waals surface area contributed by atoms with Crippen LogP contribution < -0.4 is 5.32 Å². The van der Waals surface area contributed by atoms with Gasteiger partial charge in [0, 0.05) is 6.54 Å². The minimum absolute atomic E-state index is 0.0251. The maximum atomic E-state index is 14.1. The van der Waals surface area contributed by atoms with Gasteiger partial charge in [-0.3, -0.25) is 9.59 Å². The quantitative estimate of drug-likeness (QED) is 0.260. The highest BCUT2D eigenvalue weighted by atomic mass is 16.4. The van der Waals surface area contributed by atoms with Crippen LogP contribution in [0.5, 0.6) is 0 Å². The Labute approximate surface area is 284 Å². The Kier molecular flexibility index (Phi) is 10.3. The number of aliphatic carboxylic acids is 1. The Morgan fingerprint density at radius 3 is 2.13 bits per heavy atom. The molecule has 47 heavy (non-hydrogen) atoms. The fourth-order valence-electron chi connectivity index (χ4n) is 12.5. The third-order valence-corrected chi connectivity index (χ3v) is 14.9. The predicted octanol–water partition coefficient (Wildman–Crippen LogP) is 9.58. The molecule has 0 radical (unpaired) electrons. The molecule has 4 aliphatic carbocycles. The van der Waals surface area contributed by atoms with Crippen LogP contribution in [0.1, 0.15) is 154 Å². The smallest absolute Gasteiger partial charge is 0.335 e. The molecule has 4 fully saturated rings. The van der Waals surface area contributed by atoms with Gasteiger partial charge in [0.2, 0.25) is 5.91 Å². The number of nitrogens with one attached hydrogen (secondary N) is 1. The minimum Gasteiger partial charge on any atom is -0.481 e. The Hall–Kier alpha value is -2.37. The zero-order valence-electron chi connectivity index (χ0n) is 30.4. The lowest BCUT2D eigenvalue weighted by molar-refractivity contribution is -0.159. The predicted molar refractivity (Wildman–Crippen MR) is 187 cm³/mol. The van der Waals surface area contributed by atoms with Crippen molar-refractivity contribution in [1.29, 1.82) is 0 Å². The highest BCUT2D eigenvalue weighted by molar-refractivity contribution is 5.87. The zero-order valence-corrected chi connectivity index (χ0v) is 30.4. The third-order valence-electron chi connectivity index (χ3n) is 14.9. The number of aromatic carboxylic acids is 1. The first kappa shape index (κ1) is 35.9. The monoisotopic (exact) mass is 649 g/mol.